The van der Waals surface area contributed by atoms with Crippen LogP contribution in [0.25, 0.3) is 0 Å². The molecule has 1 heterocycles. The summed E-state index contributed by atoms with van der Waals surface area (Å²) in [5.41, 5.74) is 0.453. The zero-order valence-corrected chi connectivity index (χ0v) is 13.6. The first kappa shape index (κ1) is 17.4. The van der Waals surface area contributed by atoms with E-state index < -0.39 is 0 Å². The van der Waals surface area contributed by atoms with Gasteiger partial charge in [0.15, 0.2) is 0 Å². The molecular weight excluding hydrogens is 264 g/mol. The van der Waals surface area contributed by atoms with Crippen molar-refractivity contribution >= 4 is 11.7 Å². The Morgan fingerprint density at radius 2 is 1.81 bits per heavy atom. The fourth-order valence-electron chi connectivity index (χ4n) is 2.19. The maximum Gasteiger partial charge on any atom is 0.270 e. The molecule has 0 radical (unpaired) electrons. The molecular formula is C16H28N4O. The molecule has 118 valence electrons. The molecule has 0 saturated carbocycles. The van der Waals surface area contributed by atoms with E-state index in [1.165, 1.54) is 6.33 Å². The van der Waals surface area contributed by atoms with Gasteiger partial charge in [-0.15, -0.1) is 0 Å². The summed E-state index contributed by atoms with van der Waals surface area (Å²) in [6.45, 7) is 9.04. The quantitative estimate of drug-likeness (QED) is 0.673. The van der Waals surface area contributed by atoms with Gasteiger partial charge < -0.3 is 10.2 Å². The predicted molar refractivity (Wildman–Crippen MR) is 86.7 cm³/mol. The molecule has 0 aromatic carbocycles. The molecule has 0 bridgehead atoms. The second-order valence-corrected chi connectivity index (χ2v) is 5.21. The smallest absolute Gasteiger partial charge is 0.270 e. The van der Waals surface area contributed by atoms with E-state index in [-0.39, 0.29) is 5.91 Å². The van der Waals surface area contributed by atoms with Gasteiger partial charge in [0.1, 0.15) is 17.8 Å². The molecule has 0 fully saturated rings. The van der Waals surface area contributed by atoms with E-state index in [4.69, 9.17) is 0 Å². The molecule has 1 aromatic rings. The maximum absolute atomic E-state index is 12.1. The second kappa shape index (κ2) is 10.1. The maximum atomic E-state index is 12.1. The second-order valence-electron chi connectivity index (χ2n) is 5.21. The molecule has 0 spiro atoms. The summed E-state index contributed by atoms with van der Waals surface area (Å²) in [5.74, 6) is 0.732. The Balaban J connectivity index is 2.67. The average molecular weight is 292 g/mol. The molecule has 5 nitrogen and oxygen atoms in total. The highest BCUT2D eigenvalue weighted by Gasteiger charge is 2.11. The first-order valence-corrected chi connectivity index (χ1v) is 8.08. The number of carbonyl (C=O) groups is 1. The number of unbranched alkanes of at least 4 members (excludes halogenated alkanes) is 2. The van der Waals surface area contributed by atoms with E-state index in [1.807, 2.05) is 0 Å². The van der Waals surface area contributed by atoms with Crippen molar-refractivity contribution in [2.45, 2.75) is 52.9 Å². The van der Waals surface area contributed by atoms with Gasteiger partial charge >= 0.3 is 0 Å². The van der Waals surface area contributed by atoms with Crippen molar-refractivity contribution in [1.82, 2.24) is 15.3 Å². The molecule has 0 unspecified atom stereocenters. The molecule has 0 aliphatic carbocycles. The Morgan fingerprint density at radius 1 is 1.10 bits per heavy atom. The van der Waals surface area contributed by atoms with E-state index in [1.54, 1.807) is 6.07 Å². The van der Waals surface area contributed by atoms with Crippen molar-refractivity contribution in [2.24, 2.45) is 0 Å². The molecule has 0 saturated heterocycles. The third-order valence-electron chi connectivity index (χ3n) is 3.26. The molecule has 0 aliphatic heterocycles. The summed E-state index contributed by atoms with van der Waals surface area (Å²) in [7, 11) is 0. The number of rotatable bonds is 10. The van der Waals surface area contributed by atoms with Crippen LogP contribution in [-0.4, -0.2) is 35.5 Å². The van der Waals surface area contributed by atoms with Gasteiger partial charge in [-0.3, -0.25) is 4.79 Å². The number of aromatic nitrogens is 2. The van der Waals surface area contributed by atoms with E-state index >= 15 is 0 Å². The molecule has 1 aromatic heterocycles. The Kier molecular flexibility index (Phi) is 8.40. The Hall–Kier alpha value is -1.65. The third-order valence-corrected chi connectivity index (χ3v) is 3.26. The highest BCUT2D eigenvalue weighted by molar-refractivity contribution is 5.92. The van der Waals surface area contributed by atoms with Gasteiger partial charge in [-0.05, 0) is 19.3 Å². The Bertz CT molecular complexity index is 416. The normalized spacial score (nSPS) is 10.4. The van der Waals surface area contributed by atoms with Gasteiger partial charge in [0.2, 0.25) is 0 Å². The van der Waals surface area contributed by atoms with Crippen molar-refractivity contribution in [1.29, 1.82) is 0 Å². The predicted octanol–water partition coefficient (Wildman–Crippen LogP) is 3.02. The fourth-order valence-corrected chi connectivity index (χ4v) is 2.19. The van der Waals surface area contributed by atoms with Crippen molar-refractivity contribution in [3.63, 3.8) is 0 Å². The molecule has 1 rings (SSSR count). The van der Waals surface area contributed by atoms with Crippen LogP contribution in [0.4, 0.5) is 5.82 Å². The van der Waals surface area contributed by atoms with Gasteiger partial charge in [-0.2, -0.15) is 0 Å². The summed E-state index contributed by atoms with van der Waals surface area (Å²) in [5, 5.41) is 2.92. The number of nitrogens with zero attached hydrogens (tertiary/aromatic N) is 3. The van der Waals surface area contributed by atoms with Crippen molar-refractivity contribution in [3.05, 3.63) is 18.1 Å². The topological polar surface area (TPSA) is 58.1 Å². The van der Waals surface area contributed by atoms with Crippen LogP contribution in [0.5, 0.6) is 0 Å². The lowest BCUT2D eigenvalue weighted by Gasteiger charge is -2.22. The lowest BCUT2D eigenvalue weighted by Crippen LogP contribution is -2.28. The first-order chi connectivity index (χ1) is 10.2. The van der Waals surface area contributed by atoms with Crippen LogP contribution in [-0.2, 0) is 0 Å². The lowest BCUT2D eigenvalue weighted by atomic mass is 10.2. The summed E-state index contributed by atoms with van der Waals surface area (Å²) in [6.07, 6.45) is 6.89. The molecule has 1 N–H and O–H groups in total. The van der Waals surface area contributed by atoms with E-state index in [0.29, 0.717) is 12.2 Å². The van der Waals surface area contributed by atoms with Crippen molar-refractivity contribution < 1.29 is 4.79 Å². The number of hydrogen-bond acceptors (Lipinski definition) is 4. The van der Waals surface area contributed by atoms with Crippen molar-refractivity contribution in [2.75, 3.05) is 24.5 Å². The van der Waals surface area contributed by atoms with Crippen LogP contribution in [0, 0.1) is 0 Å². The molecule has 5 heteroatoms. The number of hydrogen-bond donors (Lipinski definition) is 1. The number of amides is 1. The number of anilines is 1. The largest absolute Gasteiger partial charge is 0.357 e. The molecule has 0 atom stereocenters. The average Bonchev–Trinajstić information content (AvgIpc) is 2.51. The van der Waals surface area contributed by atoms with Gasteiger partial charge in [-0.1, -0.05) is 33.6 Å². The molecule has 21 heavy (non-hydrogen) atoms. The Morgan fingerprint density at radius 3 is 2.43 bits per heavy atom. The summed E-state index contributed by atoms with van der Waals surface area (Å²) >= 11 is 0. The fraction of sp³-hybridized carbons (Fsp3) is 0.688. The molecule has 1 amide bonds. The van der Waals surface area contributed by atoms with E-state index in [0.717, 1.165) is 51.0 Å². The zero-order chi connectivity index (χ0) is 15.5. The third kappa shape index (κ3) is 6.10. The minimum atomic E-state index is -0.109. The van der Waals surface area contributed by atoms with Crippen LogP contribution < -0.4 is 10.2 Å². The van der Waals surface area contributed by atoms with Gasteiger partial charge in [0.05, 0.1) is 0 Å². The standard InChI is InChI=1S/C16H28N4O/c1-4-7-8-9-17-16(21)14-12-15(19-13-18-14)20(10-5-2)11-6-3/h12-13H,4-11H2,1-3H3,(H,17,21). The van der Waals surface area contributed by atoms with Crippen LogP contribution in [0.1, 0.15) is 63.4 Å². The van der Waals surface area contributed by atoms with E-state index in [2.05, 4.69) is 41.0 Å². The minimum Gasteiger partial charge on any atom is -0.357 e. The number of nitrogens with one attached hydrogen (secondary N) is 1. The zero-order valence-electron chi connectivity index (χ0n) is 13.6. The van der Waals surface area contributed by atoms with Crippen LogP contribution in [0.2, 0.25) is 0 Å². The lowest BCUT2D eigenvalue weighted by molar-refractivity contribution is 0.0948. The highest BCUT2D eigenvalue weighted by Crippen LogP contribution is 2.12. The van der Waals surface area contributed by atoms with Gasteiger partial charge in [-0.25, -0.2) is 9.97 Å². The first-order valence-electron chi connectivity index (χ1n) is 8.08. The van der Waals surface area contributed by atoms with Gasteiger partial charge in [0, 0.05) is 25.7 Å². The van der Waals surface area contributed by atoms with E-state index in [9.17, 15) is 4.79 Å². The van der Waals surface area contributed by atoms with Gasteiger partial charge in [0.25, 0.3) is 5.91 Å². The van der Waals surface area contributed by atoms with Crippen LogP contribution >= 0.6 is 0 Å². The summed E-state index contributed by atoms with van der Waals surface area (Å²) < 4.78 is 0. The SMILES string of the molecule is CCCCCNC(=O)c1cc(N(CCC)CCC)ncn1. The summed E-state index contributed by atoms with van der Waals surface area (Å²) in [4.78, 5) is 22.7. The number of carbonyl (C=O) groups excluding carboxylic acids is 1. The minimum absolute atomic E-state index is 0.109. The van der Waals surface area contributed by atoms with Crippen molar-refractivity contribution in [3.8, 4) is 0 Å². The highest BCUT2D eigenvalue weighted by atomic mass is 16.1. The van der Waals surface area contributed by atoms with Crippen LogP contribution in [0.15, 0.2) is 12.4 Å². The summed E-state index contributed by atoms with van der Waals surface area (Å²) in [6, 6.07) is 1.79. The van der Waals surface area contributed by atoms with Crippen LogP contribution in [0.3, 0.4) is 0 Å². The monoisotopic (exact) mass is 292 g/mol. The molecule has 0 aliphatic rings. The Labute approximate surface area is 128 Å².